The number of fused-ring (bicyclic) bond motifs is 5. The highest BCUT2D eigenvalue weighted by molar-refractivity contribution is 6.09. The number of piperidine rings is 1. The van der Waals surface area contributed by atoms with Gasteiger partial charge in [0.05, 0.1) is 18.7 Å². The molecule has 1 fully saturated rings. The molecule has 0 radical (unpaired) electrons. The van der Waals surface area contributed by atoms with E-state index in [0.717, 1.165) is 53.9 Å². The van der Waals surface area contributed by atoms with Crippen LogP contribution in [-0.4, -0.2) is 35.0 Å². The Labute approximate surface area is 164 Å². The molecule has 144 valence electrons. The summed E-state index contributed by atoms with van der Waals surface area (Å²) in [6.45, 7) is 7.25. The predicted molar refractivity (Wildman–Crippen MR) is 109 cm³/mol. The second-order valence-electron chi connectivity index (χ2n) is 8.63. The Balaban J connectivity index is 1.40. The Morgan fingerprint density at radius 3 is 2.93 bits per heavy atom. The molecule has 4 heterocycles. The van der Waals surface area contributed by atoms with Crippen LogP contribution in [0.3, 0.4) is 0 Å². The first-order chi connectivity index (χ1) is 13.5. The van der Waals surface area contributed by atoms with Gasteiger partial charge in [-0.2, -0.15) is 0 Å². The number of carbonyl (C=O) groups excluding carboxylic acids is 1. The first-order valence-corrected chi connectivity index (χ1v) is 10.1. The van der Waals surface area contributed by atoms with Crippen LogP contribution >= 0.6 is 0 Å². The molecule has 0 saturated carbocycles. The van der Waals surface area contributed by atoms with Gasteiger partial charge < -0.3 is 14.5 Å². The van der Waals surface area contributed by atoms with Crippen molar-refractivity contribution in [3.8, 4) is 0 Å². The Morgan fingerprint density at radius 1 is 1.21 bits per heavy atom. The first-order valence-electron chi connectivity index (χ1n) is 10.1. The minimum atomic E-state index is 0.108. The molecule has 5 nitrogen and oxygen atoms in total. The van der Waals surface area contributed by atoms with Gasteiger partial charge >= 0.3 is 0 Å². The van der Waals surface area contributed by atoms with Gasteiger partial charge in [0, 0.05) is 46.7 Å². The average Bonchev–Trinajstić information content (AvgIpc) is 2.97. The number of quaternary nitrogens is 1. The minimum Gasteiger partial charge on any atom is -0.358 e. The highest BCUT2D eigenvalue weighted by Crippen LogP contribution is 2.30. The highest BCUT2D eigenvalue weighted by atomic mass is 16.1. The van der Waals surface area contributed by atoms with Crippen LogP contribution in [0.4, 0.5) is 0 Å². The van der Waals surface area contributed by atoms with Crippen LogP contribution in [0, 0.1) is 19.8 Å². The molecule has 5 heteroatoms. The number of carbonyl (C=O) groups is 1. The summed E-state index contributed by atoms with van der Waals surface area (Å²) < 4.78 is 1.95. The zero-order chi connectivity index (χ0) is 19.4. The van der Waals surface area contributed by atoms with E-state index in [2.05, 4.69) is 36.2 Å². The number of likely N-dealkylation sites (tertiary alicyclic amines) is 1. The molecule has 2 aliphatic rings. The van der Waals surface area contributed by atoms with E-state index in [1.807, 2.05) is 17.6 Å². The van der Waals surface area contributed by atoms with Crippen LogP contribution in [0.15, 0.2) is 41.2 Å². The Kier molecular flexibility index (Phi) is 4.02. The molecule has 5 rings (SSSR count). The largest absolute Gasteiger partial charge is 0.358 e. The summed E-state index contributed by atoms with van der Waals surface area (Å²) in [4.78, 5) is 30.1. The molecule has 0 amide bonds. The lowest BCUT2D eigenvalue weighted by molar-refractivity contribution is -0.902. The summed E-state index contributed by atoms with van der Waals surface area (Å²) >= 11 is 0. The van der Waals surface area contributed by atoms with Crippen LogP contribution in [0.5, 0.6) is 0 Å². The highest BCUT2D eigenvalue weighted by Gasteiger charge is 2.38. The standard InChI is InChI=1S/C23H25N3O2/c1-14-6-7-18-19(8-14)24-15(2)23(18)21(27)13-25-10-16-9-17(12-25)20-4-3-5-22(28)26(20)11-16/h3-8,16-17,24H,9-13H2,1-2H3/p+1/t16-,17+/m1/s1. The van der Waals surface area contributed by atoms with Gasteiger partial charge in [0.25, 0.3) is 5.56 Å². The molecular weight excluding hydrogens is 350 g/mol. The molecular formula is C23H26N3O2+. The van der Waals surface area contributed by atoms with Crippen molar-refractivity contribution in [3.63, 3.8) is 0 Å². The topological polar surface area (TPSA) is 59.3 Å². The van der Waals surface area contributed by atoms with Crippen molar-refractivity contribution in [2.45, 2.75) is 32.7 Å². The van der Waals surface area contributed by atoms with Crippen molar-refractivity contribution in [1.29, 1.82) is 0 Å². The SMILES string of the molecule is Cc1ccc2c(C(=O)C[NH+]3C[C@H]4C[C@@H](C3)c3cccc(=O)n3C4)c(C)[nH]c2c1. The van der Waals surface area contributed by atoms with E-state index in [-0.39, 0.29) is 11.3 Å². The van der Waals surface area contributed by atoms with Crippen LogP contribution < -0.4 is 10.5 Å². The number of nitrogens with zero attached hydrogens (tertiary/aromatic N) is 1. The van der Waals surface area contributed by atoms with E-state index in [4.69, 9.17) is 0 Å². The lowest BCUT2D eigenvalue weighted by Gasteiger charge is -2.40. The summed E-state index contributed by atoms with van der Waals surface area (Å²) in [7, 11) is 0. The lowest BCUT2D eigenvalue weighted by Crippen LogP contribution is -3.15. The maximum atomic E-state index is 13.2. The van der Waals surface area contributed by atoms with E-state index in [9.17, 15) is 9.59 Å². The molecule has 0 aliphatic carbocycles. The number of rotatable bonds is 3. The number of aryl methyl sites for hydroxylation is 2. The van der Waals surface area contributed by atoms with Gasteiger partial charge in [-0.1, -0.05) is 18.2 Å². The lowest BCUT2D eigenvalue weighted by atomic mass is 9.83. The van der Waals surface area contributed by atoms with Crippen LogP contribution in [0.25, 0.3) is 10.9 Å². The number of hydrogen-bond acceptors (Lipinski definition) is 2. The zero-order valence-corrected chi connectivity index (χ0v) is 16.4. The molecule has 2 N–H and O–H groups in total. The number of pyridine rings is 1. The third-order valence-corrected chi connectivity index (χ3v) is 6.50. The van der Waals surface area contributed by atoms with Crippen LogP contribution in [0.2, 0.25) is 0 Å². The third kappa shape index (κ3) is 2.81. The number of benzene rings is 1. The number of hydrogen-bond donors (Lipinski definition) is 2. The maximum absolute atomic E-state index is 13.2. The number of Topliss-reactive ketones (excluding diaryl/α,β-unsaturated/α-hetero) is 1. The van der Waals surface area contributed by atoms with Crippen molar-refractivity contribution in [2.24, 2.45) is 5.92 Å². The second kappa shape index (κ2) is 6.45. The van der Waals surface area contributed by atoms with E-state index in [1.165, 1.54) is 10.5 Å². The van der Waals surface area contributed by atoms with Gasteiger partial charge in [-0.15, -0.1) is 0 Å². The quantitative estimate of drug-likeness (QED) is 0.685. The molecule has 2 aromatic heterocycles. The zero-order valence-electron chi connectivity index (χ0n) is 16.4. The number of aromatic nitrogens is 2. The summed E-state index contributed by atoms with van der Waals surface area (Å²) in [5, 5.41) is 1.03. The smallest absolute Gasteiger partial charge is 0.250 e. The van der Waals surface area contributed by atoms with Crippen molar-refractivity contribution in [1.82, 2.24) is 9.55 Å². The summed E-state index contributed by atoms with van der Waals surface area (Å²) in [5.41, 5.74) is 5.29. The number of aromatic amines is 1. The minimum absolute atomic E-state index is 0.108. The van der Waals surface area contributed by atoms with Crippen molar-refractivity contribution < 1.29 is 9.69 Å². The predicted octanol–water partition coefficient (Wildman–Crippen LogP) is 1.83. The number of ketones is 1. The molecule has 1 unspecified atom stereocenters. The van der Waals surface area contributed by atoms with Crippen molar-refractivity contribution in [2.75, 3.05) is 19.6 Å². The van der Waals surface area contributed by atoms with Gasteiger partial charge in [-0.25, -0.2) is 0 Å². The number of nitrogens with one attached hydrogen (secondary N) is 2. The summed E-state index contributed by atoms with van der Waals surface area (Å²) in [5.74, 6) is 1.06. The molecule has 2 bridgehead atoms. The van der Waals surface area contributed by atoms with Crippen LogP contribution in [-0.2, 0) is 6.54 Å². The fourth-order valence-electron chi connectivity index (χ4n) is 5.38. The fraction of sp³-hybridized carbons (Fsp3) is 0.391. The van der Waals surface area contributed by atoms with Crippen molar-refractivity contribution in [3.05, 3.63) is 69.3 Å². The summed E-state index contributed by atoms with van der Waals surface area (Å²) in [6.07, 6.45) is 1.13. The van der Waals surface area contributed by atoms with Crippen LogP contribution in [0.1, 0.15) is 39.6 Å². The fourth-order valence-corrected chi connectivity index (χ4v) is 5.38. The van der Waals surface area contributed by atoms with Gasteiger partial charge in [-0.3, -0.25) is 9.59 Å². The van der Waals surface area contributed by atoms with E-state index < -0.39 is 0 Å². The monoisotopic (exact) mass is 376 g/mol. The Bertz CT molecular complexity index is 1140. The van der Waals surface area contributed by atoms with E-state index in [0.29, 0.717) is 18.4 Å². The number of H-pyrrole nitrogens is 1. The molecule has 2 aliphatic heterocycles. The van der Waals surface area contributed by atoms with Gasteiger partial charge in [-0.05, 0) is 38.0 Å². The second-order valence-corrected chi connectivity index (χ2v) is 8.63. The molecule has 1 saturated heterocycles. The normalized spacial score (nSPS) is 23.6. The molecule has 1 aromatic carbocycles. The molecule has 3 atom stereocenters. The third-order valence-electron chi connectivity index (χ3n) is 6.50. The van der Waals surface area contributed by atoms with Gasteiger partial charge in [0.15, 0.2) is 0 Å². The first kappa shape index (κ1) is 17.4. The molecule has 0 spiro atoms. The average molecular weight is 376 g/mol. The van der Waals surface area contributed by atoms with E-state index in [1.54, 1.807) is 6.07 Å². The van der Waals surface area contributed by atoms with Gasteiger partial charge in [0.2, 0.25) is 5.78 Å². The van der Waals surface area contributed by atoms with Crippen molar-refractivity contribution >= 4 is 16.7 Å². The molecule has 28 heavy (non-hydrogen) atoms. The Hall–Kier alpha value is -2.66. The summed E-state index contributed by atoms with van der Waals surface area (Å²) in [6, 6.07) is 11.8. The maximum Gasteiger partial charge on any atom is 0.250 e. The van der Waals surface area contributed by atoms with Gasteiger partial charge in [0.1, 0.15) is 6.54 Å². The van der Waals surface area contributed by atoms with E-state index >= 15 is 0 Å². The Morgan fingerprint density at radius 2 is 2.07 bits per heavy atom. The molecule has 3 aromatic rings.